The van der Waals surface area contributed by atoms with E-state index in [4.69, 9.17) is 23.2 Å². The van der Waals surface area contributed by atoms with Crippen LogP contribution < -0.4 is 0 Å². The van der Waals surface area contributed by atoms with Crippen LogP contribution in [-0.2, 0) is 6.54 Å². The van der Waals surface area contributed by atoms with Gasteiger partial charge in [0, 0.05) is 32.5 Å². The van der Waals surface area contributed by atoms with Gasteiger partial charge in [-0.05, 0) is 63.0 Å². The standard InChI is InChI=1S/C9H8BrClN2.C7H4BrClN2/c1-2-13-5-6-8(12-13)4-3-7(10)9(6)11;8-5-1-2-6-4(7(5)9)3-10-11-6/h3-5H,2H2,1H3;1-3H,(H,10,11). The van der Waals surface area contributed by atoms with Crippen LogP contribution in [0.1, 0.15) is 6.92 Å². The van der Waals surface area contributed by atoms with Crippen molar-refractivity contribution in [1.29, 1.82) is 0 Å². The molecule has 1 N–H and O–H groups in total. The number of benzene rings is 2. The minimum absolute atomic E-state index is 0.705. The first-order chi connectivity index (χ1) is 11.5. The molecule has 0 spiro atoms. The molecule has 124 valence electrons. The molecule has 2 heterocycles. The Morgan fingerprint density at radius 2 is 1.71 bits per heavy atom. The van der Waals surface area contributed by atoms with Crippen LogP contribution in [0.25, 0.3) is 21.8 Å². The first kappa shape index (κ1) is 17.7. The molecule has 8 heteroatoms. The van der Waals surface area contributed by atoms with Crippen molar-refractivity contribution in [1.82, 2.24) is 20.0 Å². The first-order valence-electron chi connectivity index (χ1n) is 7.09. The molecule has 0 aliphatic rings. The summed E-state index contributed by atoms with van der Waals surface area (Å²) in [5.41, 5.74) is 1.90. The Bertz CT molecular complexity index is 1010. The van der Waals surface area contributed by atoms with E-state index in [1.54, 1.807) is 6.20 Å². The van der Waals surface area contributed by atoms with Crippen molar-refractivity contribution in [3.8, 4) is 0 Å². The van der Waals surface area contributed by atoms with Crippen molar-refractivity contribution in [3.05, 3.63) is 55.6 Å². The van der Waals surface area contributed by atoms with Crippen molar-refractivity contribution in [3.63, 3.8) is 0 Å². The minimum Gasteiger partial charge on any atom is -0.278 e. The molecular weight excluding hydrogens is 479 g/mol. The van der Waals surface area contributed by atoms with Gasteiger partial charge in [0.25, 0.3) is 0 Å². The third-order valence-corrected chi connectivity index (χ3v) is 6.05. The average molecular weight is 491 g/mol. The zero-order valence-electron chi connectivity index (χ0n) is 12.5. The van der Waals surface area contributed by atoms with Gasteiger partial charge in [0.2, 0.25) is 0 Å². The van der Waals surface area contributed by atoms with Crippen molar-refractivity contribution >= 4 is 76.9 Å². The third-order valence-electron chi connectivity index (χ3n) is 3.46. The predicted molar refractivity (Wildman–Crippen MR) is 107 cm³/mol. The molecule has 24 heavy (non-hydrogen) atoms. The van der Waals surface area contributed by atoms with Gasteiger partial charge in [-0.25, -0.2) is 0 Å². The Hall–Kier alpha value is -1.08. The molecule has 0 aliphatic carbocycles. The lowest BCUT2D eigenvalue weighted by molar-refractivity contribution is 0.668. The van der Waals surface area contributed by atoms with Gasteiger partial charge >= 0.3 is 0 Å². The Morgan fingerprint density at radius 3 is 2.42 bits per heavy atom. The fourth-order valence-corrected chi connectivity index (χ4v) is 3.31. The van der Waals surface area contributed by atoms with Gasteiger partial charge in [-0.15, -0.1) is 0 Å². The molecule has 0 saturated carbocycles. The first-order valence-corrected chi connectivity index (χ1v) is 9.43. The van der Waals surface area contributed by atoms with Gasteiger partial charge in [-0.1, -0.05) is 23.2 Å². The van der Waals surface area contributed by atoms with Gasteiger partial charge in [0.05, 0.1) is 27.3 Å². The Labute approximate surface area is 165 Å². The smallest absolute Gasteiger partial charge is 0.0939 e. The molecule has 0 fully saturated rings. The Morgan fingerprint density at radius 1 is 1.04 bits per heavy atom. The van der Waals surface area contributed by atoms with E-state index < -0.39 is 0 Å². The van der Waals surface area contributed by atoms with E-state index in [2.05, 4.69) is 54.1 Å². The van der Waals surface area contributed by atoms with Crippen LogP contribution >= 0.6 is 55.1 Å². The topological polar surface area (TPSA) is 46.5 Å². The predicted octanol–water partition coefficient (Wildman–Crippen LogP) is 6.45. The van der Waals surface area contributed by atoms with Gasteiger partial charge in [-0.2, -0.15) is 10.2 Å². The highest BCUT2D eigenvalue weighted by Crippen LogP contribution is 2.30. The van der Waals surface area contributed by atoms with E-state index in [1.165, 1.54) is 0 Å². The Kier molecular flexibility index (Phi) is 5.49. The van der Waals surface area contributed by atoms with E-state index in [0.29, 0.717) is 5.02 Å². The summed E-state index contributed by atoms with van der Waals surface area (Å²) in [5, 5.41) is 14.4. The second-order valence-electron chi connectivity index (χ2n) is 4.97. The van der Waals surface area contributed by atoms with Gasteiger partial charge in [0.15, 0.2) is 0 Å². The van der Waals surface area contributed by atoms with Gasteiger partial charge in [-0.3, -0.25) is 9.78 Å². The molecule has 4 nitrogen and oxygen atoms in total. The molecule has 0 radical (unpaired) electrons. The summed E-state index contributed by atoms with van der Waals surface area (Å²) in [5.74, 6) is 0. The lowest BCUT2D eigenvalue weighted by atomic mass is 10.3. The maximum absolute atomic E-state index is 6.10. The maximum atomic E-state index is 6.10. The number of aromatic amines is 1. The van der Waals surface area contributed by atoms with Crippen molar-refractivity contribution < 1.29 is 0 Å². The molecule has 4 aromatic rings. The van der Waals surface area contributed by atoms with Crippen molar-refractivity contribution in [2.24, 2.45) is 0 Å². The van der Waals surface area contributed by atoms with Crippen LogP contribution in [0.5, 0.6) is 0 Å². The van der Waals surface area contributed by atoms with Crippen molar-refractivity contribution in [2.75, 3.05) is 0 Å². The summed E-state index contributed by atoms with van der Waals surface area (Å²) in [6.45, 7) is 2.91. The molecule has 0 unspecified atom stereocenters. The lowest BCUT2D eigenvalue weighted by Crippen LogP contribution is -1.92. The number of hydrogen-bond acceptors (Lipinski definition) is 2. The van der Waals surface area contributed by atoms with Crippen LogP contribution in [0.2, 0.25) is 10.0 Å². The van der Waals surface area contributed by atoms with Crippen LogP contribution in [-0.4, -0.2) is 20.0 Å². The van der Waals surface area contributed by atoms with Crippen LogP contribution in [0.15, 0.2) is 45.6 Å². The molecule has 2 aromatic carbocycles. The lowest BCUT2D eigenvalue weighted by Gasteiger charge is -1.94. The molecule has 0 amide bonds. The maximum Gasteiger partial charge on any atom is 0.0939 e. The fourth-order valence-electron chi connectivity index (χ4n) is 2.20. The molecule has 0 atom stereocenters. The summed E-state index contributed by atoms with van der Waals surface area (Å²) in [6.07, 6.45) is 3.67. The molecular formula is C16H12Br2Cl2N4. The summed E-state index contributed by atoms with van der Waals surface area (Å²) >= 11 is 18.8. The highest BCUT2D eigenvalue weighted by molar-refractivity contribution is 9.10. The number of fused-ring (bicyclic) bond motifs is 2. The number of hydrogen-bond donors (Lipinski definition) is 1. The number of halogens is 4. The number of nitrogens with one attached hydrogen (secondary N) is 1. The average Bonchev–Trinajstić information content (AvgIpc) is 3.22. The van der Waals surface area contributed by atoms with E-state index in [1.807, 2.05) is 35.1 Å². The fraction of sp³-hybridized carbons (Fsp3) is 0.125. The van der Waals surface area contributed by atoms with Crippen LogP contribution in [0.4, 0.5) is 0 Å². The minimum atomic E-state index is 0.705. The van der Waals surface area contributed by atoms with Gasteiger partial charge in [0.1, 0.15) is 0 Å². The van der Waals surface area contributed by atoms with Crippen LogP contribution in [0, 0.1) is 0 Å². The number of H-pyrrole nitrogens is 1. The second-order valence-corrected chi connectivity index (χ2v) is 7.44. The highest BCUT2D eigenvalue weighted by Gasteiger charge is 2.06. The summed E-state index contributed by atoms with van der Waals surface area (Å²) < 4.78 is 3.69. The quantitative estimate of drug-likeness (QED) is 0.333. The van der Waals surface area contributed by atoms with E-state index in [9.17, 15) is 0 Å². The van der Waals surface area contributed by atoms with E-state index in [-0.39, 0.29) is 0 Å². The zero-order chi connectivity index (χ0) is 17.3. The van der Waals surface area contributed by atoms with Crippen molar-refractivity contribution in [2.45, 2.75) is 13.5 Å². The second kappa shape index (κ2) is 7.44. The summed E-state index contributed by atoms with van der Waals surface area (Å²) in [7, 11) is 0. The normalized spacial score (nSPS) is 10.9. The van der Waals surface area contributed by atoms with E-state index >= 15 is 0 Å². The molecule has 0 aliphatic heterocycles. The summed E-state index contributed by atoms with van der Waals surface area (Å²) in [6, 6.07) is 7.69. The highest BCUT2D eigenvalue weighted by atomic mass is 79.9. The van der Waals surface area contributed by atoms with Crippen LogP contribution in [0.3, 0.4) is 0 Å². The summed E-state index contributed by atoms with van der Waals surface area (Å²) in [4.78, 5) is 0. The SMILES string of the molecule is CCn1cc2c(Cl)c(Br)ccc2n1.Clc1c(Br)ccc2[nH]ncc12. The monoisotopic (exact) mass is 488 g/mol. The molecule has 0 bridgehead atoms. The molecule has 0 saturated heterocycles. The Balaban J connectivity index is 0.000000143. The third kappa shape index (κ3) is 3.47. The number of aromatic nitrogens is 4. The zero-order valence-corrected chi connectivity index (χ0v) is 17.2. The number of rotatable bonds is 1. The molecule has 4 rings (SSSR count). The molecule has 2 aromatic heterocycles. The van der Waals surface area contributed by atoms with E-state index in [0.717, 1.165) is 42.3 Å². The van der Waals surface area contributed by atoms with Gasteiger partial charge < -0.3 is 0 Å². The number of nitrogens with zero attached hydrogens (tertiary/aromatic N) is 3. The largest absolute Gasteiger partial charge is 0.278 e. The number of aryl methyl sites for hydroxylation is 1.